The number of aryl methyl sites for hydroxylation is 1. The van der Waals surface area contributed by atoms with E-state index in [0.717, 1.165) is 36.1 Å². The van der Waals surface area contributed by atoms with Gasteiger partial charge in [0.25, 0.3) is 0 Å². The summed E-state index contributed by atoms with van der Waals surface area (Å²) in [5.41, 5.74) is 8.66. The lowest BCUT2D eigenvalue weighted by Crippen LogP contribution is -2.36. The lowest BCUT2D eigenvalue weighted by atomic mass is 9.92. The fourth-order valence-corrected chi connectivity index (χ4v) is 2.59. The predicted octanol–water partition coefficient (Wildman–Crippen LogP) is 2.34. The van der Waals surface area contributed by atoms with Gasteiger partial charge in [-0.3, -0.25) is 0 Å². The summed E-state index contributed by atoms with van der Waals surface area (Å²) in [7, 11) is 0. The van der Waals surface area contributed by atoms with Gasteiger partial charge in [-0.1, -0.05) is 25.1 Å². The SMILES string of the molecule is Cc1cc(C(N)=S)ccc1NC1CCCCC1O. The van der Waals surface area contributed by atoms with Crippen molar-refractivity contribution in [3.05, 3.63) is 29.3 Å². The van der Waals surface area contributed by atoms with Crippen molar-refractivity contribution in [1.29, 1.82) is 0 Å². The zero-order valence-corrected chi connectivity index (χ0v) is 11.5. The highest BCUT2D eigenvalue weighted by Crippen LogP contribution is 2.24. The second kappa shape index (κ2) is 5.67. The molecule has 1 aromatic carbocycles. The molecule has 0 amide bonds. The highest BCUT2D eigenvalue weighted by atomic mass is 32.1. The molecule has 4 N–H and O–H groups in total. The second-order valence-corrected chi connectivity index (χ2v) is 5.44. The molecule has 4 heteroatoms. The number of thiocarbonyl (C=S) groups is 1. The van der Waals surface area contributed by atoms with Crippen LogP contribution >= 0.6 is 12.2 Å². The molecule has 0 spiro atoms. The average Bonchev–Trinajstić information content (AvgIpc) is 2.34. The van der Waals surface area contributed by atoms with Gasteiger partial charge < -0.3 is 16.2 Å². The van der Waals surface area contributed by atoms with E-state index < -0.39 is 0 Å². The summed E-state index contributed by atoms with van der Waals surface area (Å²) < 4.78 is 0. The first-order chi connectivity index (χ1) is 8.58. The number of aliphatic hydroxyl groups excluding tert-OH is 1. The molecule has 2 rings (SSSR count). The molecular weight excluding hydrogens is 244 g/mol. The number of hydrogen-bond donors (Lipinski definition) is 3. The maximum absolute atomic E-state index is 9.96. The number of nitrogens with two attached hydrogens (primary N) is 1. The number of hydrogen-bond acceptors (Lipinski definition) is 3. The van der Waals surface area contributed by atoms with Crippen molar-refractivity contribution in [2.75, 3.05) is 5.32 Å². The number of nitrogens with one attached hydrogen (secondary N) is 1. The zero-order chi connectivity index (χ0) is 13.1. The summed E-state index contributed by atoms with van der Waals surface area (Å²) in [5.74, 6) is 0. The van der Waals surface area contributed by atoms with Gasteiger partial charge in [0.1, 0.15) is 4.99 Å². The predicted molar refractivity (Wildman–Crippen MR) is 79.0 cm³/mol. The summed E-state index contributed by atoms with van der Waals surface area (Å²) >= 11 is 4.96. The van der Waals surface area contributed by atoms with Crippen LogP contribution in [0.1, 0.15) is 36.8 Å². The van der Waals surface area contributed by atoms with Crippen LogP contribution in [-0.2, 0) is 0 Å². The van der Waals surface area contributed by atoms with Gasteiger partial charge in [-0.05, 0) is 43.5 Å². The number of rotatable bonds is 3. The summed E-state index contributed by atoms with van der Waals surface area (Å²) in [5, 5.41) is 13.4. The smallest absolute Gasteiger partial charge is 0.103 e. The minimum absolute atomic E-state index is 0.160. The molecule has 1 saturated carbocycles. The standard InChI is InChI=1S/C14H20N2OS/c1-9-8-10(14(15)18)6-7-11(9)16-12-4-2-3-5-13(12)17/h6-8,12-13,16-17H,2-5H2,1H3,(H2,15,18). The van der Waals surface area contributed by atoms with Crippen LogP contribution in [-0.4, -0.2) is 22.2 Å². The molecule has 2 atom stereocenters. The van der Waals surface area contributed by atoms with Crippen molar-refractivity contribution in [3.63, 3.8) is 0 Å². The molecule has 1 aliphatic rings. The Balaban J connectivity index is 2.11. The van der Waals surface area contributed by atoms with Gasteiger partial charge in [-0.15, -0.1) is 0 Å². The lowest BCUT2D eigenvalue weighted by molar-refractivity contribution is 0.116. The molecule has 0 aliphatic heterocycles. The molecule has 0 radical (unpaired) electrons. The van der Waals surface area contributed by atoms with Gasteiger partial charge in [0.15, 0.2) is 0 Å². The third kappa shape index (κ3) is 3.00. The Morgan fingerprint density at radius 3 is 2.72 bits per heavy atom. The first-order valence-corrected chi connectivity index (χ1v) is 6.84. The highest BCUT2D eigenvalue weighted by Gasteiger charge is 2.23. The maximum atomic E-state index is 9.96. The van der Waals surface area contributed by atoms with Crippen LogP contribution in [0.5, 0.6) is 0 Å². The number of benzene rings is 1. The van der Waals surface area contributed by atoms with Crippen molar-refractivity contribution in [2.45, 2.75) is 44.8 Å². The van der Waals surface area contributed by atoms with Crippen LogP contribution in [0.2, 0.25) is 0 Å². The molecular formula is C14H20N2OS. The molecule has 98 valence electrons. The van der Waals surface area contributed by atoms with E-state index >= 15 is 0 Å². The third-order valence-electron chi connectivity index (χ3n) is 3.58. The van der Waals surface area contributed by atoms with Crippen molar-refractivity contribution >= 4 is 22.9 Å². The topological polar surface area (TPSA) is 58.3 Å². The molecule has 0 bridgehead atoms. The molecule has 2 unspecified atom stereocenters. The first-order valence-electron chi connectivity index (χ1n) is 6.43. The maximum Gasteiger partial charge on any atom is 0.103 e. The fraction of sp³-hybridized carbons (Fsp3) is 0.500. The Morgan fingerprint density at radius 2 is 2.11 bits per heavy atom. The van der Waals surface area contributed by atoms with Crippen LogP contribution in [0, 0.1) is 6.92 Å². The molecule has 3 nitrogen and oxygen atoms in total. The number of aliphatic hydroxyl groups is 1. The lowest BCUT2D eigenvalue weighted by Gasteiger charge is -2.29. The van der Waals surface area contributed by atoms with E-state index in [0.29, 0.717) is 4.99 Å². The summed E-state index contributed by atoms with van der Waals surface area (Å²) in [4.78, 5) is 0.419. The molecule has 1 aliphatic carbocycles. The first kappa shape index (κ1) is 13.3. The number of anilines is 1. The minimum Gasteiger partial charge on any atom is -0.391 e. The van der Waals surface area contributed by atoms with E-state index in [2.05, 4.69) is 5.32 Å². The third-order valence-corrected chi connectivity index (χ3v) is 3.82. The Bertz CT molecular complexity index is 447. The summed E-state index contributed by atoms with van der Waals surface area (Å²) in [6.45, 7) is 2.03. The highest BCUT2D eigenvalue weighted by molar-refractivity contribution is 7.80. The molecule has 0 saturated heterocycles. The van der Waals surface area contributed by atoms with Gasteiger partial charge in [0.2, 0.25) is 0 Å². The Morgan fingerprint density at radius 1 is 1.39 bits per heavy atom. The molecule has 18 heavy (non-hydrogen) atoms. The van der Waals surface area contributed by atoms with Gasteiger partial charge in [-0.2, -0.15) is 0 Å². The quantitative estimate of drug-likeness (QED) is 0.734. The normalized spacial score (nSPS) is 23.7. The van der Waals surface area contributed by atoms with Gasteiger partial charge in [0, 0.05) is 11.3 Å². The van der Waals surface area contributed by atoms with Gasteiger partial charge in [0.05, 0.1) is 12.1 Å². The van der Waals surface area contributed by atoms with Crippen LogP contribution in [0.4, 0.5) is 5.69 Å². The monoisotopic (exact) mass is 264 g/mol. The Hall–Kier alpha value is -1.13. The largest absolute Gasteiger partial charge is 0.391 e. The molecule has 1 fully saturated rings. The van der Waals surface area contributed by atoms with Gasteiger partial charge >= 0.3 is 0 Å². The van der Waals surface area contributed by atoms with Crippen molar-refractivity contribution in [1.82, 2.24) is 0 Å². The summed E-state index contributed by atoms with van der Waals surface area (Å²) in [6.07, 6.45) is 3.98. The van der Waals surface area contributed by atoms with E-state index in [1.165, 1.54) is 6.42 Å². The van der Waals surface area contributed by atoms with Crippen LogP contribution in [0.25, 0.3) is 0 Å². The summed E-state index contributed by atoms with van der Waals surface area (Å²) in [6, 6.07) is 6.06. The Kier molecular flexibility index (Phi) is 4.19. The van der Waals surface area contributed by atoms with E-state index in [1.54, 1.807) is 0 Å². The van der Waals surface area contributed by atoms with E-state index in [4.69, 9.17) is 18.0 Å². The van der Waals surface area contributed by atoms with E-state index in [-0.39, 0.29) is 12.1 Å². The fourth-order valence-electron chi connectivity index (χ4n) is 2.46. The van der Waals surface area contributed by atoms with Crippen molar-refractivity contribution in [2.24, 2.45) is 5.73 Å². The van der Waals surface area contributed by atoms with Crippen molar-refractivity contribution in [3.8, 4) is 0 Å². The molecule has 1 aromatic rings. The van der Waals surface area contributed by atoms with Crippen LogP contribution in [0.3, 0.4) is 0 Å². The average molecular weight is 264 g/mol. The van der Waals surface area contributed by atoms with E-state index in [9.17, 15) is 5.11 Å². The van der Waals surface area contributed by atoms with Crippen LogP contribution < -0.4 is 11.1 Å². The minimum atomic E-state index is -0.242. The molecule has 0 aromatic heterocycles. The zero-order valence-electron chi connectivity index (χ0n) is 10.6. The van der Waals surface area contributed by atoms with Gasteiger partial charge in [-0.25, -0.2) is 0 Å². The Labute approximate surface area is 113 Å². The van der Waals surface area contributed by atoms with Crippen LogP contribution in [0.15, 0.2) is 18.2 Å². The second-order valence-electron chi connectivity index (χ2n) is 5.00. The molecule has 0 heterocycles. The van der Waals surface area contributed by atoms with E-state index in [1.807, 2.05) is 25.1 Å². The van der Waals surface area contributed by atoms with Crippen molar-refractivity contribution < 1.29 is 5.11 Å².